The largest absolute Gasteiger partial charge is 0.453 e. The number of ether oxygens (including phenoxy) is 2. The van der Waals surface area contributed by atoms with Crippen LogP contribution in [0.5, 0.6) is 0 Å². The van der Waals surface area contributed by atoms with Gasteiger partial charge in [0, 0.05) is 16.7 Å². The molecule has 1 aliphatic carbocycles. The Hall–Kier alpha value is -3.73. The lowest BCUT2D eigenvalue weighted by atomic mass is 10.1. The maximum atomic E-state index is 12.8. The minimum absolute atomic E-state index is 0.0530. The normalized spacial score (nSPS) is 16.0. The van der Waals surface area contributed by atoms with Gasteiger partial charge in [-0.05, 0) is 38.0 Å². The SMILES string of the molecule is COC(=O)Nc1cc(Cl)ccc1-c1cc(=O)n(CC(=O)NC2(C3=NC(=O)OC3)CC2)c(C)n1. The number of nitrogens with one attached hydrogen (secondary N) is 2. The number of benzene rings is 1. The molecule has 0 spiro atoms. The molecule has 1 aromatic heterocycles. The Balaban J connectivity index is 1.56. The molecular weight excluding hydrogens is 454 g/mol. The molecule has 4 rings (SSSR count). The Kier molecular flexibility index (Phi) is 5.90. The van der Waals surface area contributed by atoms with Crippen LogP contribution in [-0.4, -0.2) is 52.6 Å². The van der Waals surface area contributed by atoms with Crippen LogP contribution in [0, 0.1) is 6.92 Å². The molecule has 1 saturated carbocycles. The van der Waals surface area contributed by atoms with E-state index in [1.807, 2.05) is 0 Å². The highest BCUT2D eigenvalue weighted by atomic mass is 35.5. The van der Waals surface area contributed by atoms with Gasteiger partial charge in [-0.2, -0.15) is 4.99 Å². The van der Waals surface area contributed by atoms with Crippen molar-refractivity contribution < 1.29 is 23.9 Å². The van der Waals surface area contributed by atoms with E-state index >= 15 is 0 Å². The molecule has 2 N–H and O–H groups in total. The number of carbonyl (C=O) groups excluding carboxylic acids is 3. The number of anilines is 1. The van der Waals surface area contributed by atoms with Gasteiger partial charge in [-0.15, -0.1) is 0 Å². The molecule has 0 saturated heterocycles. The van der Waals surface area contributed by atoms with Crippen LogP contribution in [0.2, 0.25) is 5.02 Å². The monoisotopic (exact) mass is 473 g/mol. The van der Waals surface area contributed by atoms with Gasteiger partial charge in [0.2, 0.25) is 5.91 Å². The number of halogens is 1. The van der Waals surface area contributed by atoms with Crippen molar-refractivity contribution in [1.82, 2.24) is 14.9 Å². The number of aliphatic imine (C=N–C) groups is 1. The van der Waals surface area contributed by atoms with Crippen LogP contribution >= 0.6 is 11.6 Å². The third-order valence-corrected chi connectivity index (χ3v) is 5.66. The van der Waals surface area contributed by atoms with Gasteiger partial charge in [0.15, 0.2) is 0 Å². The minimum atomic E-state index is -0.701. The summed E-state index contributed by atoms with van der Waals surface area (Å²) in [7, 11) is 1.23. The first-order chi connectivity index (χ1) is 15.7. The maximum absolute atomic E-state index is 12.8. The lowest BCUT2D eigenvalue weighted by Crippen LogP contribution is -2.46. The molecular formula is C21H20ClN5O6. The van der Waals surface area contributed by atoms with Gasteiger partial charge in [-0.3, -0.25) is 19.5 Å². The molecule has 2 aliphatic rings. The number of hydrogen-bond donors (Lipinski definition) is 2. The van der Waals surface area contributed by atoms with E-state index in [2.05, 4.69) is 25.3 Å². The van der Waals surface area contributed by atoms with Crippen LogP contribution in [0.25, 0.3) is 11.3 Å². The number of cyclic esters (lactones) is 1. The van der Waals surface area contributed by atoms with Gasteiger partial charge in [-0.25, -0.2) is 14.6 Å². The smallest absolute Gasteiger partial charge is 0.434 e. The molecule has 0 unspecified atom stereocenters. The molecule has 0 bridgehead atoms. The van der Waals surface area contributed by atoms with Crippen LogP contribution in [-0.2, 0) is 20.8 Å². The van der Waals surface area contributed by atoms with E-state index in [0.717, 1.165) is 0 Å². The van der Waals surface area contributed by atoms with E-state index in [0.29, 0.717) is 46.3 Å². The summed E-state index contributed by atoms with van der Waals surface area (Å²) in [6.07, 6.45) is -0.0775. The molecule has 3 amide bonds. The predicted octanol–water partition coefficient (Wildman–Crippen LogP) is 2.29. The Morgan fingerprint density at radius 1 is 1.27 bits per heavy atom. The molecule has 1 aliphatic heterocycles. The van der Waals surface area contributed by atoms with Gasteiger partial charge in [0.1, 0.15) is 19.0 Å². The van der Waals surface area contributed by atoms with Crippen LogP contribution in [0.1, 0.15) is 18.7 Å². The van der Waals surface area contributed by atoms with Crippen molar-refractivity contribution in [3.63, 3.8) is 0 Å². The number of aryl methyl sites for hydroxylation is 1. The number of carbonyl (C=O) groups is 3. The fraction of sp³-hybridized carbons (Fsp3) is 0.333. The molecule has 0 atom stereocenters. The van der Waals surface area contributed by atoms with E-state index in [-0.39, 0.29) is 13.2 Å². The molecule has 1 fully saturated rings. The quantitative estimate of drug-likeness (QED) is 0.655. The van der Waals surface area contributed by atoms with Crippen LogP contribution in [0.15, 0.2) is 34.1 Å². The summed E-state index contributed by atoms with van der Waals surface area (Å²) in [6.45, 7) is 1.40. The zero-order chi connectivity index (χ0) is 23.8. The standard InChI is InChI=1S/C21H20ClN5O6/c1-11-23-15(13-4-3-12(22)7-14(13)24-19(30)32-2)8-18(29)27(11)9-17(28)26-21(5-6-21)16-10-33-20(31)25-16/h3-4,7-8H,5-6,9-10H2,1-2H3,(H,24,30)(H,26,28). The molecule has 2 aromatic rings. The molecule has 12 heteroatoms. The van der Waals surface area contributed by atoms with Gasteiger partial charge in [0.05, 0.1) is 29.7 Å². The second-order valence-electron chi connectivity index (χ2n) is 7.66. The molecule has 1 aromatic carbocycles. The lowest BCUT2D eigenvalue weighted by Gasteiger charge is -2.18. The minimum Gasteiger partial charge on any atom is -0.453 e. The topological polar surface area (TPSA) is 141 Å². The zero-order valence-electron chi connectivity index (χ0n) is 17.8. The van der Waals surface area contributed by atoms with Crippen molar-refractivity contribution in [2.75, 3.05) is 19.0 Å². The van der Waals surface area contributed by atoms with Gasteiger partial charge in [0.25, 0.3) is 5.56 Å². The van der Waals surface area contributed by atoms with Crippen molar-refractivity contribution in [3.05, 3.63) is 45.5 Å². The Morgan fingerprint density at radius 2 is 2.03 bits per heavy atom. The number of aromatic nitrogens is 2. The first-order valence-corrected chi connectivity index (χ1v) is 10.4. The van der Waals surface area contributed by atoms with E-state index < -0.39 is 29.2 Å². The summed E-state index contributed by atoms with van der Waals surface area (Å²) < 4.78 is 10.7. The maximum Gasteiger partial charge on any atom is 0.434 e. The first kappa shape index (κ1) is 22.5. The molecule has 33 heavy (non-hydrogen) atoms. The fourth-order valence-corrected chi connectivity index (χ4v) is 3.74. The first-order valence-electron chi connectivity index (χ1n) is 10.00. The van der Waals surface area contributed by atoms with Crippen LogP contribution < -0.4 is 16.2 Å². The highest BCUT2D eigenvalue weighted by Crippen LogP contribution is 2.38. The van der Waals surface area contributed by atoms with E-state index in [9.17, 15) is 19.2 Å². The summed E-state index contributed by atoms with van der Waals surface area (Å²) in [4.78, 5) is 56.7. The zero-order valence-corrected chi connectivity index (χ0v) is 18.6. The average molecular weight is 474 g/mol. The highest BCUT2D eigenvalue weighted by molar-refractivity contribution is 6.31. The Morgan fingerprint density at radius 3 is 2.64 bits per heavy atom. The van der Waals surface area contributed by atoms with E-state index in [1.54, 1.807) is 19.1 Å². The summed E-state index contributed by atoms with van der Waals surface area (Å²) in [6, 6.07) is 6.00. The Labute approximate surface area is 192 Å². The second-order valence-corrected chi connectivity index (χ2v) is 8.10. The molecule has 0 radical (unpaired) electrons. The average Bonchev–Trinajstić information content (AvgIpc) is 3.40. The lowest BCUT2D eigenvalue weighted by molar-refractivity contribution is -0.122. The number of amides is 3. The Bertz CT molecular complexity index is 1250. The second kappa shape index (κ2) is 8.66. The highest BCUT2D eigenvalue weighted by Gasteiger charge is 2.50. The van der Waals surface area contributed by atoms with E-state index in [1.165, 1.54) is 23.8 Å². The third-order valence-electron chi connectivity index (χ3n) is 5.42. The van der Waals surface area contributed by atoms with Gasteiger partial charge < -0.3 is 14.8 Å². The molecule has 2 heterocycles. The summed E-state index contributed by atoms with van der Waals surface area (Å²) in [5.41, 5.74) is 0.432. The fourth-order valence-electron chi connectivity index (χ4n) is 3.57. The number of methoxy groups -OCH3 is 1. The predicted molar refractivity (Wildman–Crippen MR) is 119 cm³/mol. The molecule has 172 valence electrons. The van der Waals surface area contributed by atoms with E-state index in [4.69, 9.17) is 16.3 Å². The number of rotatable bonds is 6. The number of nitrogens with zero attached hydrogens (tertiary/aromatic N) is 3. The summed E-state index contributed by atoms with van der Waals surface area (Å²) >= 11 is 6.03. The van der Waals surface area contributed by atoms with Gasteiger partial charge >= 0.3 is 12.2 Å². The summed E-state index contributed by atoms with van der Waals surface area (Å²) in [5.74, 6) is -0.109. The van der Waals surface area contributed by atoms with Crippen molar-refractivity contribution in [2.45, 2.75) is 31.8 Å². The van der Waals surface area contributed by atoms with Crippen molar-refractivity contribution in [3.8, 4) is 11.3 Å². The van der Waals surface area contributed by atoms with Crippen molar-refractivity contribution in [2.24, 2.45) is 4.99 Å². The van der Waals surface area contributed by atoms with Crippen LogP contribution in [0.4, 0.5) is 15.3 Å². The summed E-state index contributed by atoms with van der Waals surface area (Å²) in [5, 5.41) is 5.78. The number of hydrogen-bond acceptors (Lipinski definition) is 7. The molecule has 11 nitrogen and oxygen atoms in total. The van der Waals surface area contributed by atoms with Crippen molar-refractivity contribution >= 4 is 41.1 Å². The van der Waals surface area contributed by atoms with Crippen molar-refractivity contribution in [1.29, 1.82) is 0 Å². The van der Waals surface area contributed by atoms with Crippen LogP contribution in [0.3, 0.4) is 0 Å². The third kappa shape index (κ3) is 4.72. The van der Waals surface area contributed by atoms with Gasteiger partial charge in [-0.1, -0.05) is 11.6 Å².